The fourth-order valence-corrected chi connectivity index (χ4v) is 0.989. The van der Waals surface area contributed by atoms with Crippen LogP contribution in [0.1, 0.15) is 13.3 Å². The van der Waals surface area contributed by atoms with Crippen molar-refractivity contribution in [3.05, 3.63) is 0 Å². The van der Waals surface area contributed by atoms with E-state index in [1.807, 2.05) is 11.8 Å². The monoisotopic (exact) mass is 402 g/mol. The predicted octanol–water partition coefficient (Wildman–Crippen LogP) is -2.43. The van der Waals surface area contributed by atoms with Gasteiger partial charge in [-0.15, -0.1) is 0 Å². The summed E-state index contributed by atoms with van der Waals surface area (Å²) in [6.45, 7) is 3.01. The minimum Gasteiger partial charge on any atom is -0.543 e. The number of carbonyl (C=O) groups excluding carboxylic acids is 2. The number of rotatable bonds is 4. The first kappa shape index (κ1) is 19.5. The van der Waals surface area contributed by atoms with Gasteiger partial charge in [-0.1, -0.05) is 6.92 Å². The zero-order valence-electron chi connectivity index (χ0n) is 7.76. The van der Waals surface area contributed by atoms with Crippen molar-refractivity contribution in [2.24, 2.45) is 5.73 Å². The zero-order chi connectivity index (χ0) is 10.7. The van der Waals surface area contributed by atoms with Gasteiger partial charge in [-0.3, -0.25) is 0 Å². The van der Waals surface area contributed by atoms with E-state index in [1.54, 1.807) is 0 Å². The average molecular weight is 402 g/mol. The molecule has 0 aromatic heterocycles. The Morgan fingerprint density at radius 3 is 1.86 bits per heavy atom. The fraction of sp³-hybridized carbons (Fsp3) is 0.714. The minimum atomic E-state index is -2.19. The summed E-state index contributed by atoms with van der Waals surface area (Å²) in [6.07, 6.45) is 1.27. The molecule has 0 bridgehead atoms. The average Bonchev–Trinajstić information content (AvgIpc) is 2.06. The van der Waals surface area contributed by atoms with E-state index in [1.165, 1.54) is 12.2 Å². The predicted molar refractivity (Wildman–Crippen MR) is 46.7 cm³/mol. The van der Waals surface area contributed by atoms with Gasteiger partial charge in [0.2, 0.25) is 0 Å². The molecule has 0 aromatic carbocycles. The standard InChI is InChI=1S/C5H13NS.C2H2O4.Pt/c1-2-4-7-5-3-6;3-1(4)2(5)6;/h2-6H2,1H3;(H,3,4)(H,5,6);/q;;+2/p-2. The van der Waals surface area contributed by atoms with Crippen LogP contribution >= 0.6 is 11.8 Å². The molecule has 2 N–H and O–H groups in total. The molecule has 14 heavy (non-hydrogen) atoms. The van der Waals surface area contributed by atoms with Crippen LogP contribution in [-0.4, -0.2) is 30.0 Å². The van der Waals surface area contributed by atoms with Gasteiger partial charge in [0, 0.05) is 12.3 Å². The van der Waals surface area contributed by atoms with Crippen molar-refractivity contribution in [1.82, 2.24) is 0 Å². The number of thioether (sulfide) groups is 1. The molecule has 0 radical (unpaired) electrons. The van der Waals surface area contributed by atoms with Crippen LogP contribution in [0.15, 0.2) is 0 Å². The van der Waals surface area contributed by atoms with Crippen LogP contribution < -0.4 is 15.9 Å². The first-order valence-corrected chi connectivity index (χ1v) is 4.91. The number of aliphatic carboxylic acids is 2. The molecule has 0 unspecified atom stereocenters. The molecule has 5 nitrogen and oxygen atoms in total. The SMILES string of the molecule is CCCSCCN.O=C([O-])C(=O)[O-].[Pt+2]. The largest absolute Gasteiger partial charge is 2.00 e. The second-order valence-electron chi connectivity index (χ2n) is 1.98. The van der Waals surface area contributed by atoms with Crippen molar-refractivity contribution < 1.29 is 40.9 Å². The molecule has 0 spiro atoms. The molecule has 0 heterocycles. The molecule has 0 aliphatic carbocycles. The van der Waals surface area contributed by atoms with Gasteiger partial charge in [-0.2, -0.15) is 11.8 Å². The number of hydrogen-bond acceptors (Lipinski definition) is 6. The summed E-state index contributed by atoms with van der Waals surface area (Å²) in [5.74, 6) is -1.99. The smallest absolute Gasteiger partial charge is 0.543 e. The van der Waals surface area contributed by atoms with Crippen LogP contribution in [0.2, 0.25) is 0 Å². The summed E-state index contributed by atoms with van der Waals surface area (Å²) < 4.78 is 0. The van der Waals surface area contributed by atoms with Crippen molar-refractivity contribution in [3.8, 4) is 0 Å². The Hall–Kier alpha value is -0.0617. The molecule has 0 atom stereocenters. The Kier molecular flexibility index (Phi) is 21.5. The van der Waals surface area contributed by atoms with E-state index in [9.17, 15) is 0 Å². The van der Waals surface area contributed by atoms with Crippen molar-refractivity contribution in [3.63, 3.8) is 0 Å². The Morgan fingerprint density at radius 1 is 1.21 bits per heavy atom. The van der Waals surface area contributed by atoms with Crippen LogP contribution in [-0.2, 0) is 30.7 Å². The van der Waals surface area contributed by atoms with Crippen LogP contribution in [0.3, 0.4) is 0 Å². The summed E-state index contributed by atoms with van der Waals surface area (Å²) in [5, 5.41) is 17.9. The van der Waals surface area contributed by atoms with E-state index in [4.69, 9.17) is 25.5 Å². The van der Waals surface area contributed by atoms with Crippen molar-refractivity contribution >= 4 is 23.7 Å². The molecule has 86 valence electrons. The molecule has 0 aliphatic heterocycles. The molecular formula is C7H13NO4PtS. The summed E-state index contributed by atoms with van der Waals surface area (Å²) in [6, 6.07) is 0. The molecule has 0 rings (SSSR count). The number of carbonyl (C=O) groups is 2. The molecule has 7 heteroatoms. The third kappa shape index (κ3) is 22.7. The maximum atomic E-state index is 8.93. The molecular weight excluding hydrogens is 389 g/mol. The van der Waals surface area contributed by atoms with Gasteiger partial charge < -0.3 is 25.5 Å². The van der Waals surface area contributed by atoms with E-state index in [2.05, 4.69) is 6.92 Å². The van der Waals surface area contributed by atoms with E-state index >= 15 is 0 Å². The van der Waals surface area contributed by atoms with Crippen molar-refractivity contribution in [2.75, 3.05) is 18.1 Å². The van der Waals surface area contributed by atoms with E-state index in [0.29, 0.717) is 0 Å². The summed E-state index contributed by atoms with van der Waals surface area (Å²) in [4.78, 5) is 17.9. The third-order valence-corrected chi connectivity index (χ3v) is 2.00. The fourth-order valence-electron chi connectivity index (χ4n) is 0.330. The summed E-state index contributed by atoms with van der Waals surface area (Å²) in [7, 11) is 0. The number of carboxylic acids is 2. The Morgan fingerprint density at radius 2 is 1.64 bits per heavy atom. The zero-order valence-corrected chi connectivity index (χ0v) is 10.9. The summed E-state index contributed by atoms with van der Waals surface area (Å²) in [5.41, 5.74) is 5.25. The summed E-state index contributed by atoms with van der Waals surface area (Å²) >= 11 is 1.93. The number of carboxylic acid groups (broad SMARTS) is 2. The molecule has 0 amide bonds. The van der Waals surface area contributed by atoms with Gasteiger partial charge in [-0.05, 0) is 12.2 Å². The third-order valence-electron chi connectivity index (χ3n) is 0.777. The topological polar surface area (TPSA) is 106 Å². The normalized spacial score (nSPS) is 7.86. The van der Waals surface area contributed by atoms with Crippen LogP contribution in [0, 0.1) is 0 Å². The Balaban J connectivity index is -0.000000163. The molecule has 0 saturated heterocycles. The maximum Gasteiger partial charge on any atom is 2.00 e. The van der Waals surface area contributed by atoms with Gasteiger partial charge in [0.25, 0.3) is 0 Å². The maximum absolute atomic E-state index is 8.93. The van der Waals surface area contributed by atoms with Gasteiger partial charge >= 0.3 is 21.1 Å². The Labute approximate surface area is 102 Å². The van der Waals surface area contributed by atoms with Gasteiger partial charge in [-0.25, -0.2) is 0 Å². The van der Waals surface area contributed by atoms with Crippen LogP contribution in [0.4, 0.5) is 0 Å². The quantitative estimate of drug-likeness (QED) is 0.414. The second-order valence-corrected chi connectivity index (χ2v) is 3.20. The van der Waals surface area contributed by atoms with Gasteiger partial charge in [0.15, 0.2) is 0 Å². The first-order valence-electron chi connectivity index (χ1n) is 3.76. The Bertz CT molecular complexity index is 141. The van der Waals surface area contributed by atoms with Crippen LogP contribution in [0.5, 0.6) is 0 Å². The van der Waals surface area contributed by atoms with Crippen molar-refractivity contribution in [2.45, 2.75) is 13.3 Å². The van der Waals surface area contributed by atoms with Gasteiger partial charge in [0.05, 0.1) is 11.9 Å². The van der Waals surface area contributed by atoms with E-state index < -0.39 is 11.9 Å². The van der Waals surface area contributed by atoms with E-state index in [-0.39, 0.29) is 21.1 Å². The van der Waals surface area contributed by atoms with Crippen molar-refractivity contribution in [1.29, 1.82) is 0 Å². The minimum absolute atomic E-state index is 0. The molecule has 0 aromatic rings. The number of hydrogen-bond donors (Lipinski definition) is 1. The number of nitrogens with two attached hydrogens (primary N) is 1. The molecule has 0 saturated carbocycles. The molecule has 0 aliphatic rings. The second kappa shape index (κ2) is 15.4. The first-order chi connectivity index (χ1) is 6.06. The van der Waals surface area contributed by atoms with Crippen LogP contribution in [0.25, 0.3) is 0 Å². The van der Waals surface area contributed by atoms with Gasteiger partial charge in [0.1, 0.15) is 0 Å². The molecule has 0 fully saturated rings. The van der Waals surface area contributed by atoms with E-state index in [0.717, 1.165) is 12.3 Å².